The molecular weight excluding hydrogens is 446 g/mol. The highest BCUT2D eigenvalue weighted by molar-refractivity contribution is 6.31. The van der Waals surface area contributed by atoms with Gasteiger partial charge in [-0.25, -0.2) is 5.06 Å². The summed E-state index contributed by atoms with van der Waals surface area (Å²) in [6, 6.07) is 21.4. The molecule has 0 radical (unpaired) electrons. The standard InChI is InChI=1S/C24H18ClN3O5/c25-19-12-11-17(28(31)32)13-18(19)21-20-22(33-27(21)16-9-5-2-6-10-16)24(30)26(23(20)29)14-15-7-3-1-4-8-15/h1-13,20-22H,14H2/t20-,21+,22-/m1/s1. The highest BCUT2D eigenvalue weighted by atomic mass is 35.5. The second-order valence-electron chi connectivity index (χ2n) is 7.87. The second-order valence-corrected chi connectivity index (χ2v) is 8.28. The van der Waals surface area contributed by atoms with E-state index in [2.05, 4.69) is 0 Å². The largest absolute Gasteiger partial charge is 0.275 e. The minimum atomic E-state index is -1.05. The van der Waals surface area contributed by atoms with Gasteiger partial charge in [0, 0.05) is 22.7 Å². The summed E-state index contributed by atoms with van der Waals surface area (Å²) in [7, 11) is 0. The summed E-state index contributed by atoms with van der Waals surface area (Å²) < 4.78 is 0. The van der Waals surface area contributed by atoms with Crippen LogP contribution in [0.5, 0.6) is 0 Å². The molecule has 2 heterocycles. The van der Waals surface area contributed by atoms with E-state index >= 15 is 0 Å². The number of amides is 2. The third kappa shape index (κ3) is 3.63. The maximum atomic E-state index is 13.5. The van der Waals surface area contributed by atoms with Gasteiger partial charge in [-0.2, -0.15) is 0 Å². The van der Waals surface area contributed by atoms with Crippen LogP contribution in [0, 0.1) is 16.0 Å². The predicted octanol–water partition coefficient (Wildman–Crippen LogP) is 4.29. The average molecular weight is 464 g/mol. The molecule has 5 rings (SSSR count). The molecule has 166 valence electrons. The number of imide groups is 1. The molecule has 0 spiro atoms. The van der Waals surface area contributed by atoms with Gasteiger partial charge in [0.25, 0.3) is 11.6 Å². The lowest BCUT2D eigenvalue weighted by Gasteiger charge is -2.29. The van der Waals surface area contributed by atoms with Crippen molar-refractivity contribution in [1.82, 2.24) is 4.90 Å². The molecule has 2 fully saturated rings. The van der Waals surface area contributed by atoms with Crippen LogP contribution in [-0.4, -0.2) is 27.7 Å². The van der Waals surface area contributed by atoms with Gasteiger partial charge in [-0.3, -0.25) is 29.4 Å². The van der Waals surface area contributed by atoms with E-state index in [1.165, 1.54) is 28.2 Å². The smallest absolute Gasteiger partial charge is 0.269 e. The molecule has 8 nitrogen and oxygen atoms in total. The summed E-state index contributed by atoms with van der Waals surface area (Å²) in [5.41, 5.74) is 1.60. The minimum Gasteiger partial charge on any atom is -0.275 e. The monoisotopic (exact) mass is 463 g/mol. The van der Waals surface area contributed by atoms with Crippen LogP contribution in [0.15, 0.2) is 78.9 Å². The Bertz CT molecular complexity index is 1240. The average Bonchev–Trinajstić information content (AvgIpc) is 3.32. The number of halogens is 1. The number of fused-ring (bicyclic) bond motifs is 1. The summed E-state index contributed by atoms with van der Waals surface area (Å²) in [5.74, 6) is -1.75. The number of likely N-dealkylation sites (tertiary alicyclic amines) is 1. The Balaban J connectivity index is 1.58. The first-order valence-corrected chi connectivity index (χ1v) is 10.7. The number of nitrogens with zero attached hydrogens (tertiary/aromatic N) is 3. The number of non-ortho nitro benzene ring substituents is 1. The van der Waals surface area contributed by atoms with Crippen LogP contribution in [0.25, 0.3) is 0 Å². The second kappa shape index (κ2) is 8.31. The molecule has 9 heteroatoms. The number of carbonyl (C=O) groups is 2. The zero-order valence-corrected chi connectivity index (χ0v) is 18.0. The van der Waals surface area contributed by atoms with Gasteiger partial charge in [0.15, 0.2) is 6.10 Å². The number of rotatable bonds is 5. The topological polar surface area (TPSA) is 93.0 Å². The Morgan fingerprint density at radius 1 is 0.939 bits per heavy atom. The fourth-order valence-electron chi connectivity index (χ4n) is 4.38. The van der Waals surface area contributed by atoms with E-state index in [-0.39, 0.29) is 17.3 Å². The van der Waals surface area contributed by atoms with Gasteiger partial charge in [-0.15, -0.1) is 0 Å². The van der Waals surface area contributed by atoms with Crippen LogP contribution in [0.4, 0.5) is 11.4 Å². The van der Waals surface area contributed by atoms with Crippen LogP contribution in [0.1, 0.15) is 17.2 Å². The highest BCUT2D eigenvalue weighted by Crippen LogP contribution is 2.49. The number of para-hydroxylation sites is 1. The number of nitro groups is 1. The molecule has 0 N–H and O–H groups in total. The Labute approximate surface area is 194 Å². The van der Waals surface area contributed by atoms with Crippen molar-refractivity contribution in [3.05, 3.63) is 105 Å². The summed E-state index contributed by atoms with van der Waals surface area (Å²) >= 11 is 6.46. The van der Waals surface area contributed by atoms with E-state index in [4.69, 9.17) is 16.4 Å². The van der Waals surface area contributed by atoms with Crippen molar-refractivity contribution >= 4 is 34.8 Å². The molecule has 0 aliphatic carbocycles. The summed E-state index contributed by atoms with van der Waals surface area (Å²) in [5, 5.41) is 13.1. The van der Waals surface area contributed by atoms with Crippen LogP contribution in [0.2, 0.25) is 5.02 Å². The lowest BCUT2D eigenvalue weighted by atomic mass is 9.90. The number of nitro benzene ring substituents is 1. The number of hydrogen-bond donors (Lipinski definition) is 0. The van der Waals surface area contributed by atoms with Gasteiger partial charge >= 0.3 is 0 Å². The fraction of sp³-hybridized carbons (Fsp3) is 0.167. The zero-order chi connectivity index (χ0) is 23.1. The zero-order valence-electron chi connectivity index (χ0n) is 17.2. The molecule has 33 heavy (non-hydrogen) atoms. The van der Waals surface area contributed by atoms with Gasteiger partial charge < -0.3 is 0 Å². The first-order valence-electron chi connectivity index (χ1n) is 10.3. The summed E-state index contributed by atoms with van der Waals surface area (Å²) in [6.07, 6.45) is -1.05. The lowest BCUT2D eigenvalue weighted by Crippen LogP contribution is -2.37. The molecule has 2 saturated heterocycles. The van der Waals surface area contributed by atoms with Gasteiger partial charge in [-0.1, -0.05) is 60.1 Å². The van der Waals surface area contributed by atoms with Gasteiger partial charge in [0.05, 0.1) is 23.2 Å². The summed E-state index contributed by atoms with van der Waals surface area (Å²) in [4.78, 5) is 44.9. The van der Waals surface area contributed by atoms with Crippen molar-refractivity contribution in [2.45, 2.75) is 18.7 Å². The molecule has 3 aromatic rings. The Kier molecular flexibility index (Phi) is 5.32. The lowest BCUT2D eigenvalue weighted by molar-refractivity contribution is -0.384. The third-order valence-corrected chi connectivity index (χ3v) is 6.25. The maximum absolute atomic E-state index is 13.5. The van der Waals surface area contributed by atoms with Gasteiger partial charge in [-0.05, 0) is 23.8 Å². The van der Waals surface area contributed by atoms with E-state index in [1.807, 2.05) is 36.4 Å². The molecule has 0 aromatic heterocycles. The normalized spacial score (nSPS) is 22.0. The number of hydrogen-bond acceptors (Lipinski definition) is 6. The SMILES string of the molecule is O=C1[C@H]2[C@@H](ON(c3ccccc3)[C@H]2c2cc([N+](=O)[O-])ccc2Cl)C(=O)N1Cc1ccccc1. The van der Waals surface area contributed by atoms with E-state index in [9.17, 15) is 19.7 Å². The number of carbonyl (C=O) groups excluding carboxylic acids is 2. The van der Waals surface area contributed by atoms with Crippen molar-refractivity contribution in [3.63, 3.8) is 0 Å². The van der Waals surface area contributed by atoms with Crippen molar-refractivity contribution in [2.24, 2.45) is 5.92 Å². The molecule has 2 aliphatic heterocycles. The van der Waals surface area contributed by atoms with Gasteiger partial charge in [0.2, 0.25) is 5.91 Å². The van der Waals surface area contributed by atoms with E-state index in [0.29, 0.717) is 11.3 Å². The van der Waals surface area contributed by atoms with Crippen molar-refractivity contribution in [1.29, 1.82) is 0 Å². The van der Waals surface area contributed by atoms with Crippen molar-refractivity contribution in [3.8, 4) is 0 Å². The van der Waals surface area contributed by atoms with Crippen LogP contribution >= 0.6 is 11.6 Å². The first-order chi connectivity index (χ1) is 16.0. The molecule has 0 bridgehead atoms. The molecule has 2 aliphatic rings. The van der Waals surface area contributed by atoms with Crippen LogP contribution in [0.3, 0.4) is 0 Å². The van der Waals surface area contributed by atoms with Crippen LogP contribution in [-0.2, 0) is 21.0 Å². The molecule has 0 saturated carbocycles. The van der Waals surface area contributed by atoms with Crippen molar-refractivity contribution < 1.29 is 19.3 Å². The Hall–Kier alpha value is -3.75. The van der Waals surface area contributed by atoms with Gasteiger partial charge in [0.1, 0.15) is 5.92 Å². The fourth-order valence-corrected chi connectivity index (χ4v) is 4.61. The number of benzene rings is 3. The quantitative estimate of drug-likeness (QED) is 0.318. The van der Waals surface area contributed by atoms with Crippen molar-refractivity contribution in [2.75, 3.05) is 5.06 Å². The molecule has 3 atom stereocenters. The van der Waals surface area contributed by atoms with Crippen LogP contribution < -0.4 is 5.06 Å². The minimum absolute atomic E-state index is 0.121. The molecule has 2 amide bonds. The summed E-state index contributed by atoms with van der Waals surface area (Å²) in [6.45, 7) is 0.121. The Morgan fingerprint density at radius 3 is 2.27 bits per heavy atom. The maximum Gasteiger partial charge on any atom is 0.269 e. The number of hydroxylamine groups is 1. The third-order valence-electron chi connectivity index (χ3n) is 5.91. The molecule has 0 unspecified atom stereocenters. The van der Waals surface area contributed by atoms with E-state index < -0.39 is 34.8 Å². The number of anilines is 1. The molecule has 3 aromatic carbocycles. The van der Waals surface area contributed by atoms with E-state index in [0.717, 1.165) is 5.56 Å². The van der Waals surface area contributed by atoms with E-state index in [1.54, 1.807) is 24.3 Å². The Morgan fingerprint density at radius 2 is 1.61 bits per heavy atom. The first kappa shape index (κ1) is 21.1. The highest BCUT2D eigenvalue weighted by Gasteiger charge is 2.60. The predicted molar refractivity (Wildman–Crippen MR) is 120 cm³/mol. The molecular formula is C24H18ClN3O5.